The Hall–Kier alpha value is -0.250. The van der Waals surface area contributed by atoms with Crippen LogP contribution in [0.4, 0.5) is 0 Å². The maximum atomic E-state index is 5.77. The second-order valence-corrected chi connectivity index (χ2v) is 3.86. The predicted molar refractivity (Wildman–Crippen MR) is 58.3 cm³/mol. The number of rotatable bonds is 4. The monoisotopic (exact) mass is 263 g/mol. The van der Waals surface area contributed by atoms with Gasteiger partial charge in [0, 0.05) is 5.02 Å². The third-order valence-electron chi connectivity index (χ3n) is 1.50. The summed E-state index contributed by atoms with van der Waals surface area (Å²) in [5.41, 5.74) is 5.34. The van der Waals surface area contributed by atoms with E-state index in [0.717, 1.165) is 16.6 Å². The Balaban J connectivity index is 2.56. The summed E-state index contributed by atoms with van der Waals surface area (Å²) in [6, 6.07) is 5.44. The summed E-state index contributed by atoms with van der Waals surface area (Å²) in [7, 11) is 0. The Morgan fingerprint density at radius 2 is 2.23 bits per heavy atom. The molecule has 0 saturated heterocycles. The molecule has 0 bridgehead atoms. The number of ether oxygens (including phenoxy) is 1. The van der Waals surface area contributed by atoms with Crippen LogP contribution in [0.15, 0.2) is 22.7 Å². The smallest absolute Gasteiger partial charge is 0.133 e. The molecule has 0 aliphatic heterocycles. The van der Waals surface area contributed by atoms with Gasteiger partial charge < -0.3 is 10.5 Å². The van der Waals surface area contributed by atoms with Crippen molar-refractivity contribution in [3.05, 3.63) is 27.7 Å². The molecule has 0 aliphatic carbocycles. The van der Waals surface area contributed by atoms with E-state index in [0.29, 0.717) is 18.2 Å². The van der Waals surface area contributed by atoms with Crippen molar-refractivity contribution >= 4 is 27.5 Å². The van der Waals surface area contributed by atoms with Gasteiger partial charge in [-0.2, -0.15) is 0 Å². The fraction of sp³-hybridized carbons (Fsp3) is 0.333. The summed E-state index contributed by atoms with van der Waals surface area (Å²) in [5, 5.41) is 0.693. The Labute approximate surface area is 91.2 Å². The molecule has 4 heteroatoms. The Morgan fingerprint density at radius 1 is 1.46 bits per heavy atom. The zero-order chi connectivity index (χ0) is 9.68. The highest BCUT2D eigenvalue weighted by Gasteiger charge is 2.00. The van der Waals surface area contributed by atoms with Gasteiger partial charge in [0.1, 0.15) is 5.75 Å². The molecular formula is C9H11BrClNO. The van der Waals surface area contributed by atoms with Crippen LogP contribution in [-0.2, 0) is 0 Å². The normalized spacial score (nSPS) is 10.1. The molecule has 0 atom stereocenters. The van der Waals surface area contributed by atoms with Crippen LogP contribution in [-0.4, -0.2) is 13.2 Å². The van der Waals surface area contributed by atoms with Gasteiger partial charge in [0.15, 0.2) is 0 Å². The maximum Gasteiger partial charge on any atom is 0.133 e. The van der Waals surface area contributed by atoms with Crippen LogP contribution in [0, 0.1) is 0 Å². The SMILES string of the molecule is NCCCOc1ccc(Cl)cc1Br. The summed E-state index contributed by atoms with van der Waals surface area (Å²) in [6.45, 7) is 1.28. The molecule has 2 N–H and O–H groups in total. The largest absolute Gasteiger partial charge is 0.492 e. The van der Waals surface area contributed by atoms with E-state index in [2.05, 4.69) is 15.9 Å². The summed E-state index contributed by atoms with van der Waals surface area (Å²) < 4.78 is 6.32. The number of benzene rings is 1. The van der Waals surface area contributed by atoms with Crippen molar-refractivity contribution in [2.24, 2.45) is 5.73 Å². The van der Waals surface area contributed by atoms with Crippen LogP contribution in [0.5, 0.6) is 5.75 Å². The van der Waals surface area contributed by atoms with Crippen LogP contribution in [0.2, 0.25) is 5.02 Å². The molecule has 0 amide bonds. The molecule has 0 saturated carbocycles. The van der Waals surface area contributed by atoms with Gasteiger partial charge in [0.2, 0.25) is 0 Å². The average molecular weight is 265 g/mol. The highest BCUT2D eigenvalue weighted by atomic mass is 79.9. The minimum absolute atomic E-state index is 0.636. The highest BCUT2D eigenvalue weighted by molar-refractivity contribution is 9.10. The zero-order valence-electron chi connectivity index (χ0n) is 7.09. The van der Waals surface area contributed by atoms with Gasteiger partial charge in [0.25, 0.3) is 0 Å². The second-order valence-electron chi connectivity index (χ2n) is 2.57. The van der Waals surface area contributed by atoms with Crippen molar-refractivity contribution in [2.45, 2.75) is 6.42 Å². The topological polar surface area (TPSA) is 35.2 Å². The first kappa shape index (κ1) is 10.8. The molecule has 0 aromatic heterocycles. The molecule has 1 aromatic rings. The molecule has 0 heterocycles. The first-order chi connectivity index (χ1) is 6.24. The number of hydrogen-bond acceptors (Lipinski definition) is 2. The number of nitrogens with two attached hydrogens (primary N) is 1. The van der Waals surface area contributed by atoms with E-state index in [-0.39, 0.29) is 0 Å². The lowest BCUT2D eigenvalue weighted by molar-refractivity contribution is 0.311. The molecule has 0 aliphatic rings. The van der Waals surface area contributed by atoms with Gasteiger partial charge in [-0.1, -0.05) is 11.6 Å². The summed E-state index contributed by atoms with van der Waals surface area (Å²) in [5.74, 6) is 0.804. The fourth-order valence-corrected chi connectivity index (χ4v) is 1.65. The summed E-state index contributed by atoms with van der Waals surface area (Å²) >= 11 is 9.13. The van der Waals surface area contributed by atoms with E-state index in [4.69, 9.17) is 22.1 Å². The van der Waals surface area contributed by atoms with Crippen molar-refractivity contribution in [1.82, 2.24) is 0 Å². The Morgan fingerprint density at radius 3 is 2.85 bits per heavy atom. The van der Waals surface area contributed by atoms with E-state index >= 15 is 0 Å². The molecule has 0 radical (unpaired) electrons. The Kier molecular flexibility index (Phi) is 4.56. The van der Waals surface area contributed by atoms with E-state index in [1.165, 1.54) is 0 Å². The van der Waals surface area contributed by atoms with Crippen molar-refractivity contribution in [2.75, 3.05) is 13.2 Å². The van der Waals surface area contributed by atoms with Gasteiger partial charge in [-0.3, -0.25) is 0 Å². The van der Waals surface area contributed by atoms with E-state index in [9.17, 15) is 0 Å². The standard InChI is InChI=1S/C9H11BrClNO/c10-8-6-7(11)2-3-9(8)13-5-1-4-12/h2-3,6H,1,4-5,12H2. The van der Waals surface area contributed by atoms with Gasteiger partial charge >= 0.3 is 0 Å². The second kappa shape index (κ2) is 5.47. The molecule has 0 unspecified atom stereocenters. The maximum absolute atomic E-state index is 5.77. The van der Waals surface area contributed by atoms with Gasteiger partial charge in [-0.15, -0.1) is 0 Å². The number of hydrogen-bond donors (Lipinski definition) is 1. The fourth-order valence-electron chi connectivity index (χ4n) is 0.858. The molecule has 1 aromatic carbocycles. The van der Waals surface area contributed by atoms with Crippen molar-refractivity contribution < 1.29 is 4.74 Å². The van der Waals surface area contributed by atoms with Crippen LogP contribution in [0.1, 0.15) is 6.42 Å². The Bertz CT molecular complexity index is 280. The lowest BCUT2D eigenvalue weighted by Crippen LogP contribution is -2.06. The van der Waals surface area contributed by atoms with Gasteiger partial charge in [0.05, 0.1) is 11.1 Å². The van der Waals surface area contributed by atoms with Crippen molar-refractivity contribution in [3.63, 3.8) is 0 Å². The van der Waals surface area contributed by atoms with Crippen molar-refractivity contribution in [3.8, 4) is 5.75 Å². The minimum Gasteiger partial charge on any atom is -0.492 e. The van der Waals surface area contributed by atoms with Crippen LogP contribution < -0.4 is 10.5 Å². The van der Waals surface area contributed by atoms with Crippen LogP contribution in [0.3, 0.4) is 0 Å². The van der Waals surface area contributed by atoms with Crippen molar-refractivity contribution in [1.29, 1.82) is 0 Å². The summed E-state index contributed by atoms with van der Waals surface area (Å²) in [6.07, 6.45) is 0.856. The quantitative estimate of drug-likeness (QED) is 0.849. The lowest BCUT2D eigenvalue weighted by atomic mass is 10.3. The average Bonchev–Trinajstić information content (AvgIpc) is 2.09. The number of halogens is 2. The molecule has 1 rings (SSSR count). The minimum atomic E-state index is 0.636. The van der Waals surface area contributed by atoms with E-state index < -0.39 is 0 Å². The summed E-state index contributed by atoms with van der Waals surface area (Å²) in [4.78, 5) is 0. The molecule has 2 nitrogen and oxygen atoms in total. The lowest BCUT2D eigenvalue weighted by Gasteiger charge is -2.07. The molecular weight excluding hydrogens is 253 g/mol. The van der Waals surface area contributed by atoms with E-state index in [1.54, 1.807) is 12.1 Å². The van der Waals surface area contributed by atoms with E-state index in [1.807, 2.05) is 6.07 Å². The molecule has 0 spiro atoms. The zero-order valence-corrected chi connectivity index (χ0v) is 9.44. The third kappa shape index (κ3) is 3.55. The van der Waals surface area contributed by atoms with Gasteiger partial charge in [-0.25, -0.2) is 0 Å². The van der Waals surface area contributed by atoms with Crippen LogP contribution in [0.25, 0.3) is 0 Å². The highest BCUT2D eigenvalue weighted by Crippen LogP contribution is 2.27. The molecule has 72 valence electrons. The third-order valence-corrected chi connectivity index (χ3v) is 2.35. The predicted octanol–water partition coefficient (Wildman–Crippen LogP) is 2.83. The molecule has 0 fully saturated rings. The van der Waals surface area contributed by atoms with Crippen LogP contribution >= 0.6 is 27.5 Å². The molecule has 13 heavy (non-hydrogen) atoms. The first-order valence-corrected chi connectivity index (χ1v) is 5.19. The first-order valence-electron chi connectivity index (χ1n) is 4.02. The van der Waals surface area contributed by atoms with Gasteiger partial charge in [-0.05, 0) is 47.1 Å².